The Morgan fingerprint density at radius 1 is 0.739 bits per heavy atom. The van der Waals surface area contributed by atoms with Gasteiger partial charge in [-0.2, -0.15) is 4.91 Å². The van der Waals surface area contributed by atoms with Crippen LogP contribution in [0.3, 0.4) is 0 Å². The van der Waals surface area contributed by atoms with Gasteiger partial charge in [0.1, 0.15) is 6.04 Å². The summed E-state index contributed by atoms with van der Waals surface area (Å²) in [7, 11) is 0. The molecular formula is C21H17NO. The lowest BCUT2D eigenvalue weighted by molar-refractivity contribution is 0.550. The van der Waals surface area contributed by atoms with Crippen molar-refractivity contribution >= 4 is 0 Å². The molecule has 0 aliphatic heterocycles. The maximum Gasteiger partial charge on any atom is 0.119 e. The summed E-state index contributed by atoms with van der Waals surface area (Å²) in [6.07, 6.45) is 0.684. The standard InChI is InChI=1S/C21H17NO/c23-22-20-15-21(16-9-3-1-4-10-16,17-11-5-2-6-12-17)19-14-8-7-13-18(19)20/h1-14,20H,15H2. The fraction of sp³-hybridized carbons (Fsp3) is 0.143. The molecule has 3 aromatic rings. The first-order valence-electron chi connectivity index (χ1n) is 7.89. The summed E-state index contributed by atoms with van der Waals surface area (Å²) in [6.45, 7) is 0. The Labute approximate surface area is 135 Å². The van der Waals surface area contributed by atoms with E-state index in [-0.39, 0.29) is 11.5 Å². The Morgan fingerprint density at radius 2 is 1.26 bits per heavy atom. The van der Waals surface area contributed by atoms with Crippen molar-refractivity contribution in [3.05, 3.63) is 112 Å². The molecule has 3 aromatic carbocycles. The molecule has 4 rings (SSSR count). The predicted molar refractivity (Wildman–Crippen MR) is 92.4 cm³/mol. The van der Waals surface area contributed by atoms with Crippen LogP contribution in [-0.2, 0) is 5.41 Å². The normalized spacial score (nSPS) is 18.3. The van der Waals surface area contributed by atoms with Crippen LogP contribution in [-0.4, -0.2) is 0 Å². The Balaban J connectivity index is 2.05. The van der Waals surface area contributed by atoms with Crippen molar-refractivity contribution in [3.8, 4) is 0 Å². The monoisotopic (exact) mass is 299 g/mol. The molecule has 0 amide bonds. The van der Waals surface area contributed by atoms with Crippen LogP contribution in [0.15, 0.2) is 90.1 Å². The smallest absolute Gasteiger partial charge is 0.119 e. The molecule has 0 aromatic heterocycles. The van der Waals surface area contributed by atoms with E-state index in [0.29, 0.717) is 6.42 Å². The minimum absolute atomic E-state index is 0.299. The lowest BCUT2D eigenvalue weighted by atomic mass is 9.70. The topological polar surface area (TPSA) is 29.4 Å². The molecule has 1 unspecified atom stereocenters. The highest BCUT2D eigenvalue weighted by Crippen LogP contribution is 2.53. The highest BCUT2D eigenvalue weighted by Gasteiger charge is 2.46. The average Bonchev–Trinajstić information content (AvgIpc) is 2.99. The van der Waals surface area contributed by atoms with E-state index >= 15 is 0 Å². The summed E-state index contributed by atoms with van der Waals surface area (Å²) in [5.74, 6) is 0. The average molecular weight is 299 g/mol. The molecule has 0 spiro atoms. The van der Waals surface area contributed by atoms with Gasteiger partial charge in [0.2, 0.25) is 0 Å². The van der Waals surface area contributed by atoms with Gasteiger partial charge in [-0.3, -0.25) is 0 Å². The van der Waals surface area contributed by atoms with Crippen molar-refractivity contribution < 1.29 is 0 Å². The third kappa shape index (κ3) is 2.02. The molecular weight excluding hydrogens is 282 g/mol. The van der Waals surface area contributed by atoms with E-state index in [2.05, 4.69) is 59.8 Å². The molecule has 0 N–H and O–H groups in total. The number of rotatable bonds is 3. The maximum absolute atomic E-state index is 11.5. The van der Waals surface area contributed by atoms with Crippen LogP contribution < -0.4 is 0 Å². The predicted octanol–water partition coefficient (Wildman–Crippen LogP) is 5.23. The van der Waals surface area contributed by atoms with Gasteiger partial charge in [-0.25, -0.2) is 0 Å². The maximum atomic E-state index is 11.5. The second-order valence-electron chi connectivity index (χ2n) is 6.05. The lowest BCUT2D eigenvalue weighted by Gasteiger charge is -2.32. The Morgan fingerprint density at radius 3 is 1.83 bits per heavy atom. The van der Waals surface area contributed by atoms with Gasteiger partial charge >= 0.3 is 0 Å². The Hall–Kier alpha value is -2.74. The zero-order chi connectivity index (χ0) is 15.7. The first-order chi connectivity index (χ1) is 11.4. The minimum atomic E-state index is -0.308. The molecule has 0 saturated heterocycles. The number of nitrogens with zero attached hydrogens (tertiary/aromatic N) is 1. The fourth-order valence-corrected chi connectivity index (χ4v) is 3.94. The van der Waals surface area contributed by atoms with Crippen LogP contribution in [0.5, 0.6) is 0 Å². The number of nitroso groups, excluding NO2 is 1. The van der Waals surface area contributed by atoms with Gasteiger partial charge in [0.25, 0.3) is 0 Å². The quantitative estimate of drug-likeness (QED) is 0.609. The third-order valence-electron chi connectivity index (χ3n) is 4.94. The largest absolute Gasteiger partial charge is 0.150 e. The molecule has 0 fully saturated rings. The summed E-state index contributed by atoms with van der Waals surface area (Å²) in [4.78, 5) is 11.5. The lowest BCUT2D eigenvalue weighted by Crippen LogP contribution is -2.26. The Kier molecular flexibility index (Phi) is 3.30. The van der Waals surface area contributed by atoms with Crippen molar-refractivity contribution in [1.82, 2.24) is 0 Å². The van der Waals surface area contributed by atoms with Crippen LogP contribution in [0.1, 0.15) is 34.7 Å². The van der Waals surface area contributed by atoms with Crippen LogP contribution in [0.2, 0.25) is 0 Å². The van der Waals surface area contributed by atoms with E-state index in [1.165, 1.54) is 16.7 Å². The fourth-order valence-electron chi connectivity index (χ4n) is 3.94. The summed E-state index contributed by atoms with van der Waals surface area (Å²) < 4.78 is 0. The van der Waals surface area contributed by atoms with Crippen LogP contribution in [0.4, 0.5) is 0 Å². The first kappa shape index (κ1) is 13.9. The summed E-state index contributed by atoms with van der Waals surface area (Å²) in [5, 5.41) is 3.43. The van der Waals surface area contributed by atoms with E-state index < -0.39 is 0 Å². The number of fused-ring (bicyclic) bond motifs is 1. The van der Waals surface area contributed by atoms with Crippen LogP contribution >= 0.6 is 0 Å². The van der Waals surface area contributed by atoms with Crippen LogP contribution in [0.25, 0.3) is 0 Å². The molecule has 0 bridgehead atoms. The number of benzene rings is 3. The van der Waals surface area contributed by atoms with Crippen molar-refractivity contribution in [2.75, 3.05) is 0 Å². The van der Waals surface area contributed by atoms with E-state index in [0.717, 1.165) is 5.56 Å². The second kappa shape index (κ2) is 5.47. The van der Waals surface area contributed by atoms with Gasteiger partial charge in [0.15, 0.2) is 0 Å². The number of hydrogen-bond acceptors (Lipinski definition) is 2. The summed E-state index contributed by atoms with van der Waals surface area (Å²) in [6, 6.07) is 28.8. The highest BCUT2D eigenvalue weighted by atomic mass is 16.3. The molecule has 1 aliphatic carbocycles. The molecule has 2 heteroatoms. The van der Waals surface area contributed by atoms with E-state index in [9.17, 15) is 4.91 Å². The van der Waals surface area contributed by atoms with Gasteiger partial charge in [-0.15, -0.1) is 0 Å². The number of hydrogen-bond donors (Lipinski definition) is 0. The van der Waals surface area contributed by atoms with Crippen molar-refractivity contribution in [2.45, 2.75) is 17.9 Å². The molecule has 23 heavy (non-hydrogen) atoms. The van der Waals surface area contributed by atoms with E-state index in [4.69, 9.17) is 0 Å². The molecule has 1 aliphatic rings. The van der Waals surface area contributed by atoms with Crippen LogP contribution in [0, 0.1) is 4.91 Å². The zero-order valence-electron chi connectivity index (χ0n) is 12.7. The van der Waals surface area contributed by atoms with Gasteiger partial charge < -0.3 is 0 Å². The second-order valence-corrected chi connectivity index (χ2v) is 6.05. The highest BCUT2D eigenvalue weighted by molar-refractivity contribution is 5.57. The van der Waals surface area contributed by atoms with Gasteiger partial charge in [-0.05, 0) is 28.7 Å². The molecule has 0 radical (unpaired) electrons. The van der Waals surface area contributed by atoms with Gasteiger partial charge in [0.05, 0.1) is 0 Å². The molecule has 1 atom stereocenters. The summed E-state index contributed by atoms with van der Waals surface area (Å²) >= 11 is 0. The van der Waals surface area contributed by atoms with E-state index in [1.807, 2.05) is 30.3 Å². The summed E-state index contributed by atoms with van der Waals surface area (Å²) in [5.41, 5.74) is 4.37. The molecule has 112 valence electrons. The minimum Gasteiger partial charge on any atom is -0.150 e. The van der Waals surface area contributed by atoms with E-state index in [1.54, 1.807) is 0 Å². The SMILES string of the molecule is O=NC1CC(c2ccccc2)(c2ccccc2)c2ccccc21. The first-order valence-corrected chi connectivity index (χ1v) is 7.89. The van der Waals surface area contributed by atoms with Gasteiger partial charge in [0, 0.05) is 5.41 Å². The van der Waals surface area contributed by atoms with Crippen molar-refractivity contribution in [3.63, 3.8) is 0 Å². The zero-order valence-corrected chi connectivity index (χ0v) is 12.7. The van der Waals surface area contributed by atoms with Crippen molar-refractivity contribution in [2.24, 2.45) is 5.18 Å². The molecule has 2 nitrogen and oxygen atoms in total. The van der Waals surface area contributed by atoms with Gasteiger partial charge in [-0.1, -0.05) is 90.1 Å². The van der Waals surface area contributed by atoms with Crippen molar-refractivity contribution in [1.29, 1.82) is 0 Å². The Bertz CT molecular complexity index is 787. The molecule has 0 saturated carbocycles. The molecule has 0 heterocycles. The third-order valence-corrected chi connectivity index (χ3v) is 4.94.